The predicted octanol–water partition coefficient (Wildman–Crippen LogP) is 2.65. The van der Waals surface area contributed by atoms with Crippen molar-refractivity contribution in [3.05, 3.63) is 65.0 Å². The highest BCUT2D eigenvalue weighted by Crippen LogP contribution is 2.40. The van der Waals surface area contributed by atoms with Gasteiger partial charge in [0.2, 0.25) is 0 Å². The van der Waals surface area contributed by atoms with Gasteiger partial charge in [0, 0.05) is 18.7 Å². The third-order valence-corrected chi connectivity index (χ3v) is 4.95. The number of hydrogen-bond acceptors (Lipinski definition) is 6. The molecular weight excluding hydrogens is 393 g/mol. The van der Waals surface area contributed by atoms with Crippen molar-refractivity contribution in [1.29, 1.82) is 0 Å². The third kappa shape index (κ3) is 3.86. The fourth-order valence-electron chi connectivity index (χ4n) is 3.45. The maximum absolute atomic E-state index is 14.2. The summed E-state index contributed by atoms with van der Waals surface area (Å²) >= 11 is 0. The summed E-state index contributed by atoms with van der Waals surface area (Å²) in [4.78, 5) is 26.8. The Labute approximate surface area is 173 Å². The highest BCUT2D eigenvalue weighted by molar-refractivity contribution is 6.46. The van der Waals surface area contributed by atoms with Gasteiger partial charge in [0.05, 0.1) is 25.8 Å². The van der Waals surface area contributed by atoms with Gasteiger partial charge in [-0.25, -0.2) is 4.39 Å². The lowest BCUT2D eigenvalue weighted by Gasteiger charge is -2.25. The smallest absolute Gasteiger partial charge is 0.295 e. The van der Waals surface area contributed by atoms with Crippen LogP contribution in [0, 0.1) is 5.82 Å². The Morgan fingerprint density at radius 2 is 1.80 bits per heavy atom. The van der Waals surface area contributed by atoms with E-state index in [1.807, 2.05) is 0 Å². The lowest BCUT2D eigenvalue weighted by molar-refractivity contribution is -0.140. The van der Waals surface area contributed by atoms with Crippen LogP contribution in [0.3, 0.4) is 0 Å². The van der Waals surface area contributed by atoms with Crippen molar-refractivity contribution < 1.29 is 33.7 Å². The summed E-state index contributed by atoms with van der Waals surface area (Å²) in [5.41, 5.74) is 0.475. The SMILES string of the molecule is COc1ccc([C@H]2C(=C(O)c3ccc(OC)c(F)c3)C(=O)C(=O)N2CCCO)cc1. The van der Waals surface area contributed by atoms with E-state index in [1.165, 1.54) is 31.3 Å². The van der Waals surface area contributed by atoms with E-state index in [1.54, 1.807) is 24.3 Å². The number of carbonyl (C=O) groups excluding carboxylic acids is 2. The number of nitrogens with zero attached hydrogens (tertiary/aromatic N) is 1. The summed E-state index contributed by atoms with van der Waals surface area (Å²) in [5, 5.41) is 20.1. The molecule has 30 heavy (non-hydrogen) atoms. The minimum absolute atomic E-state index is 0.0124. The zero-order chi connectivity index (χ0) is 21.8. The number of likely N-dealkylation sites (tertiary alicyclic amines) is 1. The van der Waals surface area contributed by atoms with Crippen molar-refractivity contribution in [2.45, 2.75) is 12.5 Å². The quantitative estimate of drug-likeness (QED) is 0.410. The number of methoxy groups -OCH3 is 2. The van der Waals surface area contributed by atoms with Crippen molar-refractivity contribution in [3.63, 3.8) is 0 Å². The predicted molar refractivity (Wildman–Crippen MR) is 107 cm³/mol. The zero-order valence-corrected chi connectivity index (χ0v) is 16.6. The molecule has 3 rings (SSSR count). The number of ether oxygens (including phenoxy) is 2. The summed E-state index contributed by atoms with van der Waals surface area (Å²) in [7, 11) is 2.83. The number of rotatable bonds is 7. The molecule has 1 aliphatic rings. The lowest BCUT2D eigenvalue weighted by atomic mass is 9.95. The monoisotopic (exact) mass is 415 g/mol. The molecule has 1 fully saturated rings. The van der Waals surface area contributed by atoms with E-state index in [9.17, 15) is 24.2 Å². The van der Waals surface area contributed by atoms with Crippen LogP contribution in [0.25, 0.3) is 5.76 Å². The fraction of sp³-hybridized carbons (Fsp3) is 0.273. The van der Waals surface area contributed by atoms with Gasteiger partial charge in [0.15, 0.2) is 11.6 Å². The molecule has 2 N–H and O–H groups in total. The topological polar surface area (TPSA) is 96.3 Å². The molecule has 1 aliphatic heterocycles. The first-order valence-electron chi connectivity index (χ1n) is 9.30. The number of benzene rings is 2. The highest BCUT2D eigenvalue weighted by atomic mass is 19.1. The molecule has 0 aromatic heterocycles. The normalized spacial score (nSPS) is 18.0. The Bertz CT molecular complexity index is 986. The highest BCUT2D eigenvalue weighted by Gasteiger charge is 2.45. The van der Waals surface area contributed by atoms with Gasteiger partial charge in [-0.3, -0.25) is 9.59 Å². The van der Waals surface area contributed by atoms with E-state index in [-0.39, 0.29) is 36.5 Å². The number of halogens is 1. The van der Waals surface area contributed by atoms with Crippen LogP contribution in [0.2, 0.25) is 0 Å². The second kappa shape index (κ2) is 8.96. The second-order valence-corrected chi connectivity index (χ2v) is 6.69. The summed E-state index contributed by atoms with van der Waals surface area (Å²) in [5.74, 6) is -2.29. The first-order valence-corrected chi connectivity index (χ1v) is 9.30. The number of amides is 1. The van der Waals surface area contributed by atoms with Crippen LogP contribution >= 0.6 is 0 Å². The van der Waals surface area contributed by atoms with Gasteiger partial charge < -0.3 is 24.6 Å². The average Bonchev–Trinajstić information content (AvgIpc) is 3.01. The maximum Gasteiger partial charge on any atom is 0.295 e. The van der Waals surface area contributed by atoms with E-state index in [0.29, 0.717) is 11.3 Å². The van der Waals surface area contributed by atoms with Crippen molar-refractivity contribution in [1.82, 2.24) is 4.90 Å². The standard InChI is InChI=1S/C22H22FNO6/c1-29-15-7-4-13(5-8-15)19-18(21(27)22(28)24(19)10-3-11-25)20(26)14-6-9-17(30-2)16(23)12-14/h4-9,12,19,25-26H,3,10-11H2,1-2H3/t19-/m0/s1. The summed E-state index contributed by atoms with van der Waals surface area (Å²) < 4.78 is 24.2. The molecule has 2 aromatic carbocycles. The zero-order valence-electron chi connectivity index (χ0n) is 16.6. The molecule has 0 radical (unpaired) electrons. The Hall–Kier alpha value is -3.39. The minimum atomic E-state index is -0.882. The Morgan fingerprint density at radius 3 is 2.37 bits per heavy atom. The Kier molecular flexibility index (Phi) is 6.37. The van der Waals surface area contributed by atoms with Crippen LogP contribution in [0.4, 0.5) is 4.39 Å². The number of carbonyl (C=O) groups is 2. The molecule has 1 heterocycles. The van der Waals surface area contributed by atoms with Gasteiger partial charge in [-0.05, 0) is 42.3 Å². The molecule has 2 aromatic rings. The largest absolute Gasteiger partial charge is 0.507 e. The van der Waals surface area contributed by atoms with Crippen LogP contribution in [-0.2, 0) is 9.59 Å². The molecule has 0 bridgehead atoms. The summed E-state index contributed by atoms with van der Waals surface area (Å²) in [6.07, 6.45) is 0.261. The molecule has 0 aliphatic carbocycles. The van der Waals surface area contributed by atoms with Gasteiger partial charge in [-0.15, -0.1) is 0 Å². The van der Waals surface area contributed by atoms with Crippen molar-refractivity contribution in [2.24, 2.45) is 0 Å². The molecular formula is C22H22FNO6. The number of hydrogen-bond donors (Lipinski definition) is 2. The van der Waals surface area contributed by atoms with Crippen molar-refractivity contribution >= 4 is 17.4 Å². The van der Waals surface area contributed by atoms with E-state index < -0.39 is 29.3 Å². The van der Waals surface area contributed by atoms with E-state index in [4.69, 9.17) is 9.47 Å². The molecule has 7 nitrogen and oxygen atoms in total. The van der Waals surface area contributed by atoms with Crippen LogP contribution in [0.5, 0.6) is 11.5 Å². The van der Waals surface area contributed by atoms with Crippen LogP contribution in [0.15, 0.2) is 48.0 Å². The first-order chi connectivity index (χ1) is 14.4. The van der Waals surface area contributed by atoms with E-state index in [0.717, 1.165) is 6.07 Å². The van der Waals surface area contributed by atoms with Gasteiger partial charge in [0.25, 0.3) is 11.7 Å². The Balaban J connectivity index is 2.14. The number of ketones is 1. The molecule has 0 saturated carbocycles. The first kappa shape index (κ1) is 21.3. The summed E-state index contributed by atoms with van der Waals surface area (Å²) in [6.45, 7) is -0.0481. The van der Waals surface area contributed by atoms with Crippen molar-refractivity contribution in [3.8, 4) is 11.5 Å². The average molecular weight is 415 g/mol. The molecule has 1 saturated heterocycles. The van der Waals surface area contributed by atoms with Gasteiger partial charge >= 0.3 is 0 Å². The van der Waals surface area contributed by atoms with Gasteiger partial charge in [-0.1, -0.05) is 12.1 Å². The van der Waals surface area contributed by atoms with Crippen LogP contribution in [0.1, 0.15) is 23.6 Å². The third-order valence-electron chi connectivity index (χ3n) is 4.95. The molecule has 0 unspecified atom stereocenters. The molecule has 1 amide bonds. The number of aliphatic hydroxyl groups is 2. The van der Waals surface area contributed by atoms with Crippen LogP contribution in [-0.4, -0.2) is 54.2 Å². The second-order valence-electron chi connectivity index (χ2n) is 6.69. The number of Topliss-reactive ketones (excluding diaryl/α,β-unsaturated/α-hetero) is 1. The van der Waals surface area contributed by atoms with E-state index >= 15 is 0 Å². The summed E-state index contributed by atoms with van der Waals surface area (Å²) in [6, 6.07) is 9.61. The minimum Gasteiger partial charge on any atom is -0.507 e. The fourth-order valence-corrected chi connectivity index (χ4v) is 3.45. The van der Waals surface area contributed by atoms with Crippen molar-refractivity contribution in [2.75, 3.05) is 27.4 Å². The molecule has 1 atom stereocenters. The van der Waals surface area contributed by atoms with Gasteiger partial charge in [-0.2, -0.15) is 0 Å². The number of aliphatic hydroxyl groups excluding tert-OH is 2. The lowest BCUT2D eigenvalue weighted by Crippen LogP contribution is -2.31. The van der Waals surface area contributed by atoms with E-state index in [2.05, 4.69) is 0 Å². The Morgan fingerprint density at radius 1 is 1.10 bits per heavy atom. The van der Waals surface area contributed by atoms with Crippen LogP contribution < -0.4 is 9.47 Å². The molecule has 0 spiro atoms. The molecule has 8 heteroatoms. The molecule has 158 valence electrons. The maximum atomic E-state index is 14.2. The van der Waals surface area contributed by atoms with Gasteiger partial charge in [0.1, 0.15) is 11.5 Å².